The fourth-order valence-electron chi connectivity index (χ4n) is 2.89. The lowest BCUT2D eigenvalue weighted by Crippen LogP contribution is -2.40. The van der Waals surface area contributed by atoms with Gasteiger partial charge in [0.25, 0.3) is 5.91 Å². The van der Waals surface area contributed by atoms with E-state index in [0.717, 1.165) is 39.0 Å². The van der Waals surface area contributed by atoms with E-state index in [-0.39, 0.29) is 5.91 Å². The Balaban J connectivity index is 1.53. The van der Waals surface area contributed by atoms with Gasteiger partial charge in [0.05, 0.1) is 12.7 Å². The third kappa shape index (κ3) is 4.17. The molecular formula is C16H23N5OS. The molecule has 0 aromatic carbocycles. The van der Waals surface area contributed by atoms with Crippen LogP contribution in [-0.4, -0.2) is 52.0 Å². The summed E-state index contributed by atoms with van der Waals surface area (Å²) in [6.45, 7) is 6.47. The first-order chi connectivity index (χ1) is 11.3. The van der Waals surface area contributed by atoms with Gasteiger partial charge in [-0.05, 0) is 43.3 Å². The Bertz CT molecular complexity index is 616. The number of carbonyl (C=O) groups is 1. The van der Waals surface area contributed by atoms with E-state index in [9.17, 15) is 4.79 Å². The minimum absolute atomic E-state index is 0.00401. The van der Waals surface area contributed by atoms with Crippen molar-refractivity contribution in [3.8, 4) is 0 Å². The van der Waals surface area contributed by atoms with Crippen molar-refractivity contribution in [2.45, 2.75) is 26.3 Å². The predicted molar refractivity (Wildman–Crippen MR) is 90.6 cm³/mol. The van der Waals surface area contributed by atoms with Crippen LogP contribution >= 0.6 is 11.3 Å². The van der Waals surface area contributed by atoms with Crippen molar-refractivity contribution >= 4 is 17.2 Å². The summed E-state index contributed by atoms with van der Waals surface area (Å²) < 4.78 is 1.73. The summed E-state index contributed by atoms with van der Waals surface area (Å²) in [6, 6.07) is 4.07. The van der Waals surface area contributed by atoms with Gasteiger partial charge in [-0.2, -0.15) is 0 Å². The lowest BCUT2D eigenvalue weighted by atomic mass is 9.96. The summed E-state index contributed by atoms with van der Waals surface area (Å²) >= 11 is 1.68. The summed E-state index contributed by atoms with van der Waals surface area (Å²) in [5.41, 5.74) is 0.451. The van der Waals surface area contributed by atoms with Gasteiger partial charge in [-0.15, -0.1) is 16.4 Å². The molecule has 1 N–H and O–H groups in total. The molecule has 0 atom stereocenters. The average Bonchev–Trinajstić information content (AvgIpc) is 3.25. The van der Waals surface area contributed by atoms with Gasteiger partial charge < -0.3 is 10.2 Å². The Kier molecular flexibility index (Phi) is 5.40. The van der Waals surface area contributed by atoms with Crippen molar-refractivity contribution in [2.24, 2.45) is 5.92 Å². The van der Waals surface area contributed by atoms with E-state index in [1.165, 1.54) is 4.88 Å². The molecule has 2 aromatic rings. The van der Waals surface area contributed by atoms with E-state index in [1.807, 2.05) is 16.3 Å². The highest BCUT2D eigenvalue weighted by molar-refractivity contribution is 7.09. The molecule has 1 aliphatic heterocycles. The van der Waals surface area contributed by atoms with Crippen LogP contribution < -0.4 is 5.32 Å². The first-order valence-corrected chi connectivity index (χ1v) is 9.06. The third-order valence-electron chi connectivity index (χ3n) is 4.24. The Labute approximate surface area is 140 Å². The zero-order valence-electron chi connectivity index (χ0n) is 13.4. The summed E-state index contributed by atoms with van der Waals surface area (Å²) in [5.74, 6) is 0.679. The van der Waals surface area contributed by atoms with Crippen LogP contribution in [0.2, 0.25) is 0 Å². The minimum Gasteiger partial charge on any atom is -0.337 e. The smallest absolute Gasteiger partial charge is 0.276 e. The van der Waals surface area contributed by atoms with Crippen molar-refractivity contribution in [3.05, 3.63) is 34.3 Å². The second-order valence-electron chi connectivity index (χ2n) is 5.92. The molecule has 0 bridgehead atoms. The van der Waals surface area contributed by atoms with E-state index < -0.39 is 0 Å². The molecular weight excluding hydrogens is 310 g/mol. The number of nitrogens with one attached hydrogen (secondary N) is 1. The molecule has 124 valence electrons. The number of amides is 1. The number of hydrogen-bond donors (Lipinski definition) is 1. The van der Waals surface area contributed by atoms with Crippen molar-refractivity contribution in [3.63, 3.8) is 0 Å². The first kappa shape index (κ1) is 16.1. The monoisotopic (exact) mass is 333 g/mol. The van der Waals surface area contributed by atoms with Gasteiger partial charge in [-0.25, -0.2) is 4.68 Å². The second-order valence-corrected chi connectivity index (χ2v) is 6.96. The molecule has 3 heterocycles. The molecule has 0 unspecified atom stereocenters. The number of likely N-dealkylation sites (tertiary alicyclic amines) is 1. The van der Waals surface area contributed by atoms with Crippen molar-refractivity contribution < 1.29 is 4.79 Å². The van der Waals surface area contributed by atoms with E-state index in [0.29, 0.717) is 18.2 Å². The summed E-state index contributed by atoms with van der Waals surface area (Å²) in [6.07, 6.45) is 3.87. The highest BCUT2D eigenvalue weighted by Gasteiger charge is 2.25. The molecule has 23 heavy (non-hydrogen) atoms. The van der Waals surface area contributed by atoms with Gasteiger partial charge >= 0.3 is 0 Å². The van der Waals surface area contributed by atoms with E-state index in [4.69, 9.17) is 0 Å². The van der Waals surface area contributed by atoms with Crippen LogP contribution in [0.1, 0.15) is 35.1 Å². The van der Waals surface area contributed by atoms with Gasteiger partial charge in [0.15, 0.2) is 5.69 Å². The SMILES string of the molecule is CCNCC1CCN(C(=O)c2cn(Cc3cccs3)nn2)CC1. The summed E-state index contributed by atoms with van der Waals surface area (Å²) in [4.78, 5) is 15.6. The lowest BCUT2D eigenvalue weighted by molar-refractivity contribution is 0.0684. The lowest BCUT2D eigenvalue weighted by Gasteiger charge is -2.31. The van der Waals surface area contributed by atoms with Gasteiger partial charge in [0.2, 0.25) is 0 Å². The van der Waals surface area contributed by atoms with Crippen molar-refractivity contribution in [1.29, 1.82) is 0 Å². The van der Waals surface area contributed by atoms with Gasteiger partial charge in [0, 0.05) is 18.0 Å². The summed E-state index contributed by atoms with van der Waals surface area (Å²) in [7, 11) is 0. The number of nitrogens with zero attached hydrogens (tertiary/aromatic N) is 4. The van der Waals surface area contributed by atoms with Gasteiger partial charge in [0.1, 0.15) is 0 Å². The Hall–Kier alpha value is -1.73. The molecule has 1 aliphatic rings. The molecule has 0 radical (unpaired) electrons. The number of aromatic nitrogens is 3. The molecule has 1 saturated heterocycles. The largest absolute Gasteiger partial charge is 0.337 e. The predicted octanol–water partition coefficient (Wildman–Crippen LogP) is 1.85. The van der Waals surface area contributed by atoms with Crippen LogP contribution in [0, 0.1) is 5.92 Å². The Morgan fingerprint density at radius 2 is 2.26 bits per heavy atom. The standard InChI is InChI=1S/C16H23N5OS/c1-2-17-10-13-5-7-20(8-6-13)16(22)15-12-21(19-18-15)11-14-4-3-9-23-14/h3-4,9,12-13,17H,2,5-8,10-11H2,1H3. The number of piperidine rings is 1. The third-order valence-corrected chi connectivity index (χ3v) is 5.10. The Morgan fingerprint density at radius 1 is 1.43 bits per heavy atom. The zero-order chi connectivity index (χ0) is 16.1. The van der Waals surface area contributed by atoms with E-state index in [1.54, 1.807) is 22.2 Å². The molecule has 3 rings (SSSR count). The molecule has 1 amide bonds. The fraction of sp³-hybridized carbons (Fsp3) is 0.562. The van der Waals surface area contributed by atoms with Crippen LogP contribution in [0.4, 0.5) is 0 Å². The summed E-state index contributed by atoms with van der Waals surface area (Å²) in [5, 5.41) is 13.6. The van der Waals surface area contributed by atoms with E-state index >= 15 is 0 Å². The molecule has 6 nitrogen and oxygen atoms in total. The zero-order valence-corrected chi connectivity index (χ0v) is 14.3. The highest BCUT2D eigenvalue weighted by atomic mass is 32.1. The maximum absolute atomic E-state index is 12.5. The van der Waals surface area contributed by atoms with Crippen LogP contribution in [0.15, 0.2) is 23.7 Å². The molecule has 7 heteroatoms. The first-order valence-electron chi connectivity index (χ1n) is 8.18. The molecule has 0 spiro atoms. The molecule has 2 aromatic heterocycles. The number of carbonyl (C=O) groups excluding carboxylic acids is 1. The average molecular weight is 333 g/mol. The van der Waals surface area contributed by atoms with Crippen LogP contribution in [-0.2, 0) is 6.54 Å². The fourth-order valence-corrected chi connectivity index (χ4v) is 3.58. The number of rotatable bonds is 6. The second kappa shape index (κ2) is 7.70. The molecule has 1 fully saturated rings. The van der Waals surface area contributed by atoms with Gasteiger partial charge in [-0.1, -0.05) is 18.2 Å². The molecule has 0 aliphatic carbocycles. The maximum atomic E-state index is 12.5. The highest BCUT2D eigenvalue weighted by Crippen LogP contribution is 2.18. The van der Waals surface area contributed by atoms with Crippen LogP contribution in [0.5, 0.6) is 0 Å². The number of hydrogen-bond acceptors (Lipinski definition) is 5. The van der Waals surface area contributed by atoms with Crippen molar-refractivity contribution in [1.82, 2.24) is 25.2 Å². The number of thiophene rings is 1. The van der Waals surface area contributed by atoms with E-state index in [2.05, 4.69) is 28.6 Å². The normalized spacial score (nSPS) is 16.0. The van der Waals surface area contributed by atoms with Crippen molar-refractivity contribution in [2.75, 3.05) is 26.2 Å². The topological polar surface area (TPSA) is 63.1 Å². The van der Waals surface area contributed by atoms with Gasteiger partial charge in [-0.3, -0.25) is 4.79 Å². The van der Waals surface area contributed by atoms with Crippen LogP contribution in [0.25, 0.3) is 0 Å². The maximum Gasteiger partial charge on any atom is 0.276 e. The molecule has 0 saturated carbocycles. The minimum atomic E-state index is 0.00401. The van der Waals surface area contributed by atoms with Crippen LogP contribution in [0.3, 0.4) is 0 Å². The quantitative estimate of drug-likeness (QED) is 0.876. The Morgan fingerprint density at radius 3 is 2.96 bits per heavy atom.